The SMILES string of the molecule is COc1c(C2(CCN)CC2)ccc(F)c1F. The number of nitrogens with two attached hydrogens (primary N) is 1. The van der Waals surface area contributed by atoms with Crippen LogP contribution in [0.5, 0.6) is 5.75 Å². The summed E-state index contributed by atoms with van der Waals surface area (Å²) in [5.74, 6) is -1.74. The van der Waals surface area contributed by atoms with Crippen LogP contribution in [0.2, 0.25) is 0 Å². The van der Waals surface area contributed by atoms with Crippen molar-refractivity contribution in [3.63, 3.8) is 0 Å². The number of rotatable bonds is 4. The van der Waals surface area contributed by atoms with Crippen molar-refractivity contribution in [3.05, 3.63) is 29.3 Å². The molecule has 16 heavy (non-hydrogen) atoms. The maximum absolute atomic E-state index is 13.5. The highest BCUT2D eigenvalue weighted by molar-refractivity contribution is 5.44. The molecule has 0 aromatic heterocycles. The second-order valence-corrected chi connectivity index (χ2v) is 4.26. The quantitative estimate of drug-likeness (QED) is 0.857. The molecule has 1 aromatic rings. The maximum Gasteiger partial charge on any atom is 0.200 e. The summed E-state index contributed by atoms with van der Waals surface area (Å²) in [5, 5.41) is 0. The van der Waals surface area contributed by atoms with Crippen molar-refractivity contribution in [2.24, 2.45) is 5.73 Å². The Hall–Kier alpha value is -1.16. The van der Waals surface area contributed by atoms with Crippen LogP contribution in [0, 0.1) is 11.6 Å². The lowest BCUT2D eigenvalue weighted by atomic mass is 9.91. The molecule has 0 radical (unpaired) electrons. The average molecular weight is 227 g/mol. The third-order valence-electron chi connectivity index (χ3n) is 3.30. The van der Waals surface area contributed by atoms with Gasteiger partial charge in [0.15, 0.2) is 11.6 Å². The molecular weight excluding hydrogens is 212 g/mol. The van der Waals surface area contributed by atoms with E-state index in [0.717, 1.165) is 30.9 Å². The summed E-state index contributed by atoms with van der Waals surface area (Å²) in [4.78, 5) is 0. The molecule has 1 aliphatic carbocycles. The monoisotopic (exact) mass is 227 g/mol. The first-order valence-corrected chi connectivity index (χ1v) is 5.37. The Kier molecular flexibility index (Phi) is 2.84. The van der Waals surface area contributed by atoms with Crippen molar-refractivity contribution in [1.29, 1.82) is 0 Å². The first-order valence-electron chi connectivity index (χ1n) is 5.37. The van der Waals surface area contributed by atoms with Crippen molar-refractivity contribution in [1.82, 2.24) is 0 Å². The summed E-state index contributed by atoms with van der Waals surface area (Å²) in [6.45, 7) is 0.544. The van der Waals surface area contributed by atoms with Gasteiger partial charge in [-0.2, -0.15) is 4.39 Å². The Bertz CT molecular complexity index is 402. The van der Waals surface area contributed by atoms with E-state index < -0.39 is 11.6 Å². The van der Waals surface area contributed by atoms with E-state index in [0.29, 0.717) is 6.54 Å². The topological polar surface area (TPSA) is 35.2 Å². The molecule has 4 heteroatoms. The van der Waals surface area contributed by atoms with Crippen LogP contribution in [-0.2, 0) is 5.41 Å². The van der Waals surface area contributed by atoms with Gasteiger partial charge < -0.3 is 10.5 Å². The summed E-state index contributed by atoms with van der Waals surface area (Å²) in [5.41, 5.74) is 6.20. The summed E-state index contributed by atoms with van der Waals surface area (Å²) in [7, 11) is 1.36. The van der Waals surface area contributed by atoms with Crippen LogP contribution in [0.15, 0.2) is 12.1 Å². The highest BCUT2D eigenvalue weighted by Crippen LogP contribution is 2.54. The molecule has 0 bridgehead atoms. The Morgan fingerprint density at radius 2 is 2.06 bits per heavy atom. The molecule has 1 fully saturated rings. The fourth-order valence-electron chi connectivity index (χ4n) is 2.23. The molecule has 88 valence electrons. The molecule has 0 unspecified atom stereocenters. The van der Waals surface area contributed by atoms with E-state index in [-0.39, 0.29) is 11.2 Å². The first-order chi connectivity index (χ1) is 7.64. The van der Waals surface area contributed by atoms with Gasteiger partial charge in [-0.25, -0.2) is 4.39 Å². The van der Waals surface area contributed by atoms with Crippen LogP contribution >= 0.6 is 0 Å². The molecule has 2 N–H and O–H groups in total. The number of ether oxygens (including phenoxy) is 1. The Morgan fingerprint density at radius 1 is 1.38 bits per heavy atom. The van der Waals surface area contributed by atoms with E-state index in [9.17, 15) is 8.78 Å². The number of hydrogen-bond donors (Lipinski definition) is 1. The minimum Gasteiger partial charge on any atom is -0.493 e. The average Bonchev–Trinajstić information content (AvgIpc) is 3.03. The Morgan fingerprint density at radius 3 is 2.56 bits per heavy atom. The Labute approximate surface area is 93.4 Å². The lowest BCUT2D eigenvalue weighted by Gasteiger charge is -2.18. The van der Waals surface area contributed by atoms with Gasteiger partial charge in [-0.15, -0.1) is 0 Å². The fourth-order valence-corrected chi connectivity index (χ4v) is 2.23. The van der Waals surface area contributed by atoms with E-state index >= 15 is 0 Å². The molecule has 0 atom stereocenters. The maximum atomic E-state index is 13.5. The van der Waals surface area contributed by atoms with Crippen molar-refractivity contribution in [3.8, 4) is 5.75 Å². The van der Waals surface area contributed by atoms with Crippen molar-refractivity contribution >= 4 is 0 Å². The lowest BCUT2D eigenvalue weighted by Crippen LogP contribution is -2.15. The van der Waals surface area contributed by atoms with Crippen LogP contribution < -0.4 is 10.5 Å². The van der Waals surface area contributed by atoms with Crippen molar-refractivity contribution < 1.29 is 13.5 Å². The molecule has 1 aromatic carbocycles. The normalized spacial score (nSPS) is 17.2. The van der Waals surface area contributed by atoms with Gasteiger partial charge in [0.1, 0.15) is 0 Å². The first kappa shape index (κ1) is 11.3. The molecular formula is C12H15F2NO. The van der Waals surface area contributed by atoms with Crippen LogP contribution in [-0.4, -0.2) is 13.7 Å². The Balaban J connectivity index is 2.45. The van der Waals surface area contributed by atoms with E-state index in [1.54, 1.807) is 6.07 Å². The van der Waals surface area contributed by atoms with Gasteiger partial charge >= 0.3 is 0 Å². The second kappa shape index (κ2) is 4.01. The summed E-state index contributed by atoms with van der Waals surface area (Å²) < 4.78 is 31.6. The van der Waals surface area contributed by atoms with Crippen LogP contribution in [0.25, 0.3) is 0 Å². The molecule has 1 aliphatic rings. The number of methoxy groups -OCH3 is 1. The second-order valence-electron chi connectivity index (χ2n) is 4.26. The number of hydrogen-bond acceptors (Lipinski definition) is 2. The van der Waals surface area contributed by atoms with E-state index in [4.69, 9.17) is 10.5 Å². The summed E-state index contributed by atoms with van der Waals surface area (Å²) >= 11 is 0. The van der Waals surface area contributed by atoms with Gasteiger partial charge in [-0.1, -0.05) is 6.07 Å². The van der Waals surface area contributed by atoms with Gasteiger partial charge in [-0.3, -0.25) is 0 Å². The zero-order chi connectivity index (χ0) is 11.8. The highest BCUT2D eigenvalue weighted by Gasteiger charge is 2.46. The highest BCUT2D eigenvalue weighted by atomic mass is 19.2. The number of benzene rings is 1. The van der Waals surface area contributed by atoms with Crippen LogP contribution in [0.4, 0.5) is 8.78 Å². The molecule has 0 amide bonds. The zero-order valence-corrected chi connectivity index (χ0v) is 9.22. The molecule has 2 rings (SSSR count). The van der Waals surface area contributed by atoms with Crippen LogP contribution in [0.3, 0.4) is 0 Å². The van der Waals surface area contributed by atoms with E-state index in [1.165, 1.54) is 7.11 Å². The minimum absolute atomic E-state index is 0.0333. The summed E-state index contributed by atoms with van der Waals surface area (Å²) in [6.07, 6.45) is 2.71. The van der Waals surface area contributed by atoms with E-state index in [2.05, 4.69) is 0 Å². The standard InChI is InChI=1S/C12H15F2NO/c1-16-11-8(2-3-9(13)10(11)14)12(4-5-12)6-7-15/h2-3H,4-7,15H2,1H3. The molecule has 0 heterocycles. The van der Waals surface area contributed by atoms with Crippen molar-refractivity contribution in [2.75, 3.05) is 13.7 Å². The third-order valence-corrected chi connectivity index (χ3v) is 3.30. The minimum atomic E-state index is -0.900. The molecule has 1 saturated carbocycles. The zero-order valence-electron chi connectivity index (χ0n) is 9.22. The number of halogens is 2. The molecule has 2 nitrogen and oxygen atoms in total. The van der Waals surface area contributed by atoms with Gasteiger partial charge in [0.25, 0.3) is 0 Å². The molecule has 0 saturated heterocycles. The predicted molar refractivity (Wildman–Crippen MR) is 57.5 cm³/mol. The summed E-state index contributed by atoms with van der Waals surface area (Å²) in [6, 6.07) is 2.77. The van der Waals surface area contributed by atoms with Gasteiger partial charge in [0, 0.05) is 11.0 Å². The smallest absolute Gasteiger partial charge is 0.200 e. The molecule has 0 spiro atoms. The van der Waals surface area contributed by atoms with E-state index in [1.807, 2.05) is 0 Å². The third kappa shape index (κ3) is 1.67. The van der Waals surface area contributed by atoms with Gasteiger partial charge in [-0.05, 0) is 31.9 Å². The predicted octanol–water partition coefficient (Wildman–Crippen LogP) is 2.35. The van der Waals surface area contributed by atoms with Crippen molar-refractivity contribution in [2.45, 2.75) is 24.7 Å². The lowest BCUT2D eigenvalue weighted by molar-refractivity contribution is 0.361. The van der Waals surface area contributed by atoms with Gasteiger partial charge in [0.2, 0.25) is 5.82 Å². The largest absolute Gasteiger partial charge is 0.493 e. The van der Waals surface area contributed by atoms with Crippen LogP contribution in [0.1, 0.15) is 24.8 Å². The fraction of sp³-hybridized carbons (Fsp3) is 0.500. The van der Waals surface area contributed by atoms with Gasteiger partial charge in [0.05, 0.1) is 7.11 Å². The molecule has 0 aliphatic heterocycles.